The highest BCUT2D eigenvalue weighted by molar-refractivity contribution is 7.98. The van der Waals surface area contributed by atoms with E-state index in [2.05, 4.69) is 4.98 Å². The Morgan fingerprint density at radius 1 is 1.22 bits per heavy atom. The van der Waals surface area contributed by atoms with Crippen LogP contribution < -0.4 is 4.90 Å². The number of hydrogen-bond acceptors (Lipinski definition) is 4. The zero-order chi connectivity index (χ0) is 19.4. The molecule has 0 saturated heterocycles. The van der Waals surface area contributed by atoms with Crippen molar-refractivity contribution in [1.29, 1.82) is 0 Å². The second kappa shape index (κ2) is 8.63. The van der Waals surface area contributed by atoms with E-state index in [0.29, 0.717) is 16.6 Å². The van der Waals surface area contributed by atoms with Crippen molar-refractivity contribution in [3.05, 3.63) is 70.7 Å². The molecule has 0 radical (unpaired) electrons. The molecule has 7 heteroatoms. The fraction of sp³-hybridized carbons (Fsp3) is 0.200. The topological polar surface area (TPSA) is 33.2 Å². The lowest BCUT2D eigenvalue weighted by molar-refractivity contribution is -0.115. The first-order valence-corrected chi connectivity index (χ1v) is 10.3. The van der Waals surface area contributed by atoms with Crippen molar-refractivity contribution in [2.24, 2.45) is 0 Å². The van der Waals surface area contributed by atoms with Gasteiger partial charge in [0.05, 0.1) is 11.4 Å². The van der Waals surface area contributed by atoms with E-state index >= 15 is 0 Å². The molecule has 1 amide bonds. The fourth-order valence-electron chi connectivity index (χ4n) is 2.64. The SMILES string of the molecule is CCc1ccccc1N(C(C)=O)c1nc(CSc2cc(F)ccc2F)cs1. The van der Waals surface area contributed by atoms with Crippen LogP contribution in [0.5, 0.6) is 0 Å². The standard InChI is InChI=1S/C20H18F2N2OS2/c1-3-14-6-4-5-7-18(14)24(13(2)25)20-23-16(12-27-20)11-26-19-10-15(21)8-9-17(19)22/h4-10,12H,3,11H2,1-2H3. The number of para-hydroxylation sites is 1. The predicted molar refractivity (Wildman–Crippen MR) is 107 cm³/mol. The number of amides is 1. The average molecular weight is 405 g/mol. The third-order valence-corrected chi connectivity index (χ3v) is 5.87. The second-order valence-electron chi connectivity index (χ2n) is 5.82. The Balaban J connectivity index is 1.82. The molecule has 2 aromatic carbocycles. The second-order valence-corrected chi connectivity index (χ2v) is 7.68. The molecule has 27 heavy (non-hydrogen) atoms. The molecule has 1 heterocycles. The van der Waals surface area contributed by atoms with Crippen LogP contribution in [0.3, 0.4) is 0 Å². The van der Waals surface area contributed by atoms with Gasteiger partial charge in [-0.05, 0) is 36.2 Å². The summed E-state index contributed by atoms with van der Waals surface area (Å²) >= 11 is 2.53. The summed E-state index contributed by atoms with van der Waals surface area (Å²) in [6.45, 7) is 3.54. The number of hydrogen-bond donors (Lipinski definition) is 0. The summed E-state index contributed by atoms with van der Waals surface area (Å²) in [5.74, 6) is -0.672. The maximum Gasteiger partial charge on any atom is 0.230 e. The molecule has 3 rings (SSSR count). The Morgan fingerprint density at radius 2 is 2.00 bits per heavy atom. The number of benzene rings is 2. The molecule has 1 aromatic heterocycles. The van der Waals surface area contributed by atoms with Crippen LogP contribution in [0.1, 0.15) is 25.1 Å². The van der Waals surface area contributed by atoms with Gasteiger partial charge in [0.15, 0.2) is 5.13 Å². The van der Waals surface area contributed by atoms with Crippen molar-refractivity contribution < 1.29 is 13.6 Å². The number of nitrogens with zero attached hydrogens (tertiary/aromatic N) is 2. The highest BCUT2D eigenvalue weighted by Crippen LogP contribution is 2.33. The molecule has 0 bridgehead atoms. The van der Waals surface area contributed by atoms with E-state index in [0.717, 1.165) is 29.8 Å². The van der Waals surface area contributed by atoms with E-state index in [9.17, 15) is 13.6 Å². The minimum Gasteiger partial charge on any atom is -0.274 e. The van der Waals surface area contributed by atoms with E-state index in [-0.39, 0.29) is 10.8 Å². The molecule has 0 saturated carbocycles. The van der Waals surface area contributed by atoms with Crippen LogP contribution >= 0.6 is 23.1 Å². The molecule has 0 aliphatic rings. The van der Waals surface area contributed by atoms with E-state index in [4.69, 9.17) is 0 Å². The maximum absolute atomic E-state index is 13.8. The molecule has 3 aromatic rings. The van der Waals surface area contributed by atoms with Gasteiger partial charge < -0.3 is 0 Å². The Labute approximate surface area is 165 Å². The number of thiazole rings is 1. The zero-order valence-corrected chi connectivity index (χ0v) is 16.5. The fourth-order valence-corrected chi connectivity index (χ4v) is 4.48. The molecule has 140 valence electrons. The molecule has 0 unspecified atom stereocenters. The summed E-state index contributed by atoms with van der Waals surface area (Å²) in [6.07, 6.45) is 0.798. The lowest BCUT2D eigenvalue weighted by Crippen LogP contribution is -2.23. The lowest BCUT2D eigenvalue weighted by Gasteiger charge is -2.20. The van der Waals surface area contributed by atoms with E-state index in [1.54, 1.807) is 4.90 Å². The number of aromatic nitrogens is 1. The summed E-state index contributed by atoms with van der Waals surface area (Å²) in [5.41, 5.74) is 2.58. The lowest BCUT2D eigenvalue weighted by atomic mass is 10.1. The quantitative estimate of drug-likeness (QED) is 0.475. The average Bonchev–Trinajstić information content (AvgIpc) is 3.11. The van der Waals surface area contributed by atoms with Crippen LogP contribution in [0.4, 0.5) is 19.6 Å². The summed E-state index contributed by atoms with van der Waals surface area (Å²) in [7, 11) is 0. The van der Waals surface area contributed by atoms with Gasteiger partial charge >= 0.3 is 0 Å². The highest BCUT2D eigenvalue weighted by Gasteiger charge is 2.20. The Hall–Kier alpha value is -2.25. The monoisotopic (exact) mass is 404 g/mol. The third-order valence-electron chi connectivity index (χ3n) is 3.93. The minimum absolute atomic E-state index is 0.124. The van der Waals surface area contributed by atoms with Crippen LogP contribution in [0.15, 0.2) is 52.7 Å². The molecule has 0 atom stereocenters. The van der Waals surface area contributed by atoms with E-state index < -0.39 is 11.6 Å². The molecule has 0 spiro atoms. The molecule has 0 aliphatic carbocycles. The first-order chi connectivity index (χ1) is 13.0. The Bertz CT molecular complexity index is 959. The van der Waals surface area contributed by atoms with Crippen LogP contribution in [-0.4, -0.2) is 10.9 Å². The molecular formula is C20H18F2N2OS2. The van der Waals surface area contributed by atoms with Crippen LogP contribution in [-0.2, 0) is 17.0 Å². The van der Waals surface area contributed by atoms with Crippen molar-refractivity contribution in [1.82, 2.24) is 4.98 Å². The van der Waals surface area contributed by atoms with Gasteiger partial charge in [-0.3, -0.25) is 9.69 Å². The number of carbonyl (C=O) groups is 1. The van der Waals surface area contributed by atoms with Gasteiger partial charge in [0.25, 0.3) is 0 Å². The van der Waals surface area contributed by atoms with Crippen molar-refractivity contribution in [2.45, 2.75) is 30.9 Å². The maximum atomic E-state index is 13.8. The first kappa shape index (κ1) is 19.5. The third kappa shape index (κ3) is 4.54. The zero-order valence-electron chi connectivity index (χ0n) is 14.9. The van der Waals surface area contributed by atoms with Gasteiger partial charge in [-0.15, -0.1) is 23.1 Å². The van der Waals surface area contributed by atoms with Gasteiger partial charge in [-0.25, -0.2) is 13.8 Å². The summed E-state index contributed by atoms with van der Waals surface area (Å²) in [4.78, 5) is 18.7. The van der Waals surface area contributed by atoms with E-state index in [1.165, 1.54) is 36.1 Å². The molecular weight excluding hydrogens is 386 g/mol. The largest absolute Gasteiger partial charge is 0.274 e. The number of aryl methyl sites for hydroxylation is 1. The number of halogens is 2. The molecule has 0 N–H and O–H groups in total. The molecule has 0 fully saturated rings. The number of rotatable bonds is 6. The van der Waals surface area contributed by atoms with Crippen molar-refractivity contribution >= 4 is 39.8 Å². The predicted octanol–water partition coefficient (Wildman–Crippen LogP) is 5.96. The van der Waals surface area contributed by atoms with Crippen LogP contribution in [0.25, 0.3) is 0 Å². The number of carbonyl (C=O) groups excluding carboxylic acids is 1. The van der Waals surface area contributed by atoms with E-state index in [1.807, 2.05) is 36.6 Å². The first-order valence-electron chi connectivity index (χ1n) is 8.40. The minimum atomic E-state index is -0.475. The molecule has 0 aliphatic heterocycles. The van der Waals surface area contributed by atoms with Crippen molar-refractivity contribution in [3.8, 4) is 0 Å². The Kier molecular flexibility index (Phi) is 6.23. The molecule has 3 nitrogen and oxygen atoms in total. The normalized spacial score (nSPS) is 10.8. The van der Waals surface area contributed by atoms with Gasteiger partial charge in [-0.1, -0.05) is 25.1 Å². The smallest absolute Gasteiger partial charge is 0.230 e. The number of anilines is 2. The summed E-state index contributed by atoms with van der Waals surface area (Å²) in [5, 5.41) is 2.41. The highest BCUT2D eigenvalue weighted by atomic mass is 32.2. The van der Waals surface area contributed by atoms with Crippen LogP contribution in [0, 0.1) is 11.6 Å². The Morgan fingerprint density at radius 3 is 2.74 bits per heavy atom. The van der Waals surface area contributed by atoms with Gasteiger partial charge in [-0.2, -0.15) is 0 Å². The van der Waals surface area contributed by atoms with Crippen molar-refractivity contribution in [2.75, 3.05) is 4.90 Å². The number of thioether (sulfide) groups is 1. The van der Waals surface area contributed by atoms with Crippen LogP contribution in [0.2, 0.25) is 0 Å². The van der Waals surface area contributed by atoms with Gasteiger partial charge in [0.2, 0.25) is 5.91 Å². The summed E-state index contributed by atoms with van der Waals surface area (Å²) < 4.78 is 27.1. The summed E-state index contributed by atoms with van der Waals surface area (Å²) in [6, 6.07) is 11.1. The van der Waals surface area contributed by atoms with Gasteiger partial charge in [0, 0.05) is 23.0 Å². The van der Waals surface area contributed by atoms with Crippen molar-refractivity contribution in [3.63, 3.8) is 0 Å². The van der Waals surface area contributed by atoms with Gasteiger partial charge in [0.1, 0.15) is 11.6 Å².